The maximum atomic E-state index is 11.3. The van der Waals surface area contributed by atoms with Crippen LogP contribution in [0.4, 0.5) is 5.95 Å². The number of nitrogens with two attached hydrogens (primary N) is 1. The van der Waals surface area contributed by atoms with E-state index < -0.39 is 6.04 Å². The Balaban J connectivity index is 2.60. The number of hydrogen-bond acceptors (Lipinski definition) is 3. The van der Waals surface area contributed by atoms with Gasteiger partial charge in [-0.3, -0.25) is 10.1 Å². The number of aryl methyl sites for hydroxylation is 1. The van der Waals surface area contributed by atoms with Gasteiger partial charge in [-0.15, -0.1) is 0 Å². The Labute approximate surface area is 76.9 Å². The minimum absolute atomic E-state index is 0.197. The molecule has 0 spiro atoms. The van der Waals surface area contributed by atoms with Crippen molar-refractivity contribution in [2.45, 2.75) is 19.4 Å². The molecule has 5 heteroatoms. The zero-order chi connectivity index (χ0) is 9.84. The first-order chi connectivity index (χ1) is 6.15. The van der Waals surface area contributed by atoms with E-state index in [0.717, 1.165) is 0 Å². The predicted molar refractivity (Wildman–Crippen MR) is 50.1 cm³/mol. The summed E-state index contributed by atoms with van der Waals surface area (Å²) in [6.45, 7) is 1.86. The number of amides is 1. The average Bonchev–Trinajstić information content (AvgIpc) is 2.50. The van der Waals surface area contributed by atoms with E-state index in [9.17, 15) is 4.79 Å². The van der Waals surface area contributed by atoms with Crippen molar-refractivity contribution in [3.05, 3.63) is 12.4 Å². The number of rotatable bonds is 3. The molecule has 1 aromatic rings. The van der Waals surface area contributed by atoms with E-state index in [4.69, 9.17) is 5.73 Å². The third kappa shape index (κ3) is 2.29. The molecule has 1 aromatic heterocycles. The van der Waals surface area contributed by atoms with Crippen LogP contribution in [0.25, 0.3) is 0 Å². The van der Waals surface area contributed by atoms with Crippen molar-refractivity contribution in [1.82, 2.24) is 9.55 Å². The second kappa shape index (κ2) is 4.04. The lowest BCUT2D eigenvalue weighted by Gasteiger charge is -2.08. The highest BCUT2D eigenvalue weighted by molar-refractivity contribution is 5.93. The maximum absolute atomic E-state index is 11.3. The number of carbonyl (C=O) groups is 1. The van der Waals surface area contributed by atoms with Crippen LogP contribution in [0, 0.1) is 0 Å². The number of anilines is 1. The highest BCUT2D eigenvalue weighted by Gasteiger charge is 2.12. The molecule has 0 aliphatic rings. The van der Waals surface area contributed by atoms with Gasteiger partial charge < -0.3 is 10.3 Å². The van der Waals surface area contributed by atoms with Crippen LogP contribution >= 0.6 is 0 Å². The van der Waals surface area contributed by atoms with Crippen LogP contribution in [0.15, 0.2) is 12.4 Å². The molecular weight excluding hydrogens is 168 g/mol. The highest BCUT2D eigenvalue weighted by atomic mass is 16.2. The van der Waals surface area contributed by atoms with Gasteiger partial charge in [0.15, 0.2) is 0 Å². The SMILES string of the molecule is CCC(N)C(=O)Nc1nccn1C. The van der Waals surface area contributed by atoms with Crippen molar-refractivity contribution < 1.29 is 4.79 Å². The van der Waals surface area contributed by atoms with Crippen LogP contribution in [0.5, 0.6) is 0 Å². The molecule has 0 fully saturated rings. The summed E-state index contributed by atoms with van der Waals surface area (Å²) >= 11 is 0. The number of carbonyl (C=O) groups excluding carboxylic acids is 1. The van der Waals surface area contributed by atoms with Crippen LogP contribution in [0.3, 0.4) is 0 Å². The summed E-state index contributed by atoms with van der Waals surface area (Å²) in [4.78, 5) is 15.3. The molecule has 1 rings (SSSR count). The second-order valence-electron chi connectivity index (χ2n) is 2.87. The fraction of sp³-hybridized carbons (Fsp3) is 0.500. The molecule has 0 aliphatic carbocycles. The van der Waals surface area contributed by atoms with E-state index in [1.807, 2.05) is 6.92 Å². The van der Waals surface area contributed by atoms with Gasteiger partial charge in [-0.2, -0.15) is 0 Å². The fourth-order valence-corrected chi connectivity index (χ4v) is 0.874. The Morgan fingerprint density at radius 2 is 2.54 bits per heavy atom. The van der Waals surface area contributed by atoms with Gasteiger partial charge in [0.1, 0.15) is 0 Å². The van der Waals surface area contributed by atoms with Gasteiger partial charge in [-0.05, 0) is 6.42 Å². The van der Waals surface area contributed by atoms with Gasteiger partial charge in [0.05, 0.1) is 6.04 Å². The molecule has 0 radical (unpaired) electrons. The molecule has 1 unspecified atom stereocenters. The number of aromatic nitrogens is 2. The van der Waals surface area contributed by atoms with Crippen molar-refractivity contribution >= 4 is 11.9 Å². The van der Waals surface area contributed by atoms with Gasteiger partial charge in [0, 0.05) is 19.4 Å². The molecule has 0 saturated heterocycles. The van der Waals surface area contributed by atoms with Crippen LogP contribution in [-0.4, -0.2) is 21.5 Å². The molecule has 3 N–H and O–H groups in total. The quantitative estimate of drug-likeness (QED) is 0.696. The first kappa shape index (κ1) is 9.73. The summed E-state index contributed by atoms with van der Waals surface area (Å²) in [6.07, 6.45) is 4.00. The minimum atomic E-state index is -0.461. The van der Waals surface area contributed by atoms with Crippen molar-refractivity contribution in [3.8, 4) is 0 Å². The zero-order valence-electron chi connectivity index (χ0n) is 7.82. The number of nitrogens with zero attached hydrogens (tertiary/aromatic N) is 2. The van der Waals surface area contributed by atoms with Crippen LogP contribution in [0.2, 0.25) is 0 Å². The summed E-state index contributed by atoms with van der Waals surface area (Å²) in [5.74, 6) is 0.325. The normalized spacial score (nSPS) is 12.5. The molecule has 5 nitrogen and oxygen atoms in total. The third-order valence-electron chi connectivity index (χ3n) is 1.83. The Bertz CT molecular complexity index is 294. The molecule has 0 bridgehead atoms. The van der Waals surface area contributed by atoms with Gasteiger partial charge in [-0.1, -0.05) is 6.92 Å². The van der Waals surface area contributed by atoms with Gasteiger partial charge >= 0.3 is 0 Å². The van der Waals surface area contributed by atoms with E-state index in [1.165, 1.54) is 0 Å². The molecular formula is C8H14N4O. The van der Waals surface area contributed by atoms with Crippen LogP contribution in [-0.2, 0) is 11.8 Å². The van der Waals surface area contributed by atoms with Gasteiger partial charge in [0.2, 0.25) is 11.9 Å². The summed E-state index contributed by atoms with van der Waals surface area (Å²) in [5.41, 5.74) is 5.53. The summed E-state index contributed by atoms with van der Waals surface area (Å²) in [5, 5.41) is 2.63. The summed E-state index contributed by atoms with van der Waals surface area (Å²) in [6, 6.07) is -0.461. The van der Waals surface area contributed by atoms with E-state index in [-0.39, 0.29) is 5.91 Å². The molecule has 0 saturated carbocycles. The first-order valence-corrected chi connectivity index (χ1v) is 4.19. The Hall–Kier alpha value is -1.36. The largest absolute Gasteiger partial charge is 0.320 e. The van der Waals surface area contributed by atoms with Crippen molar-refractivity contribution in [2.75, 3.05) is 5.32 Å². The van der Waals surface area contributed by atoms with Crippen LogP contribution in [0.1, 0.15) is 13.3 Å². The van der Waals surface area contributed by atoms with Crippen molar-refractivity contribution in [2.24, 2.45) is 12.8 Å². The van der Waals surface area contributed by atoms with E-state index in [1.54, 1.807) is 24.0 Å². The smallest absolute Gasteiger partial charge is 0.243 e. The third-order valence-corrected chi connectivity index (χ3v) is 1.83. The predicted octanol–water partition coefficient (Wildman–Crippen LogP) is 0.0959. The van der Waals surface area contributed by atoms with Crippen LogP contribution < -0.4 is 11.1 Å². The Morgan fingerprint density at radius 3 is 3.00 bits per heavy atom. The van der Waals surface area contributed by atoms with Crippen molar-refractivity contribution in [3.63, 3.8) is 0 Å². The molecule has 0 aromatic carbocycles. The highest BCUT2D eigenvalue weighted by Crippen LogP contribution is 2.01. The lowest BCUT2D eigenvalue weighted by Crippen LogP contribution is -2.35. The van der Waals surface area contributed by atoms with Crippen molar-refractivity contribution in [1.29, 1.82) is 0 Å². The average molecular weight is 182 g/mol. The Morgan fingerprint density at radius 1 is 1.85 bits per heavy atom. The number of imidazole rings is 1. The van der Waals surface area contributed by atoms with Gasteiger partial charge in [0.25, 0.3) is 0 Å². The molecule has 1 atom stereocenters. The fourth-order valence-electron chi connectivity index (χ4n) is 0.874. The lowest BCUT2D eigenvalue weighted by molar-refractivity contribution is -0.117. The second-order valence-corrected chi connectivity index (χ2v) is 2.87. The lowest BCUT2D eigenvalue weighted by atomic mass is 10.2. The summed E-state index contributed by atoms with van der Waals surface area (Å²) < 4.78 is 1.72. The molecule has 1 amide bonds. The summed E-state index contributed by atoms with van der Waals surface area (Å²) in [7, 11) is 1.81. The Kier molecular flexibility index (Phi) is 3.02. The molecule has 1 heterocycles. The first-order valence-electron chi connectivity index (χ1n) is 4.19. The topological polar surface area (TPSA) is 72.9 Å². The number of nitrogens with one attached hydrogen (secondary N) is 1. The van der Waals surface area contributed by atoms with E-state index >= 15 is 0 Å². The standard InChI is InChI=1S/C8H14N4O/c1-3-6(9)7(13)11-8-10-4-5-12(8)2/h4-6H,3,9H2,1-2H3,(H,10,11,13). The monoisotopic (exact) mass is 182 g/mol. The van der Waals surface area contributed by atoms with E-state index in [0.29, 0.717) is 12.4 Å². The molecule has 72 valence electrons. The number of hydrogen-bond donors (Lipinski definition) is 2. The van der Waals surface area contributed by atoms with E-state index in [2.05, 4.69) is 10.3 Å². The molecule has 0 aliphatic heterocycles. The minimum Gasteiger partial charge on any atom is -0.320 e. The molecule has 13 heavy (non-hydrogen) atoms. The zero-order valence-corrected chi connectivity index (χ0v) is 7.82. The maximum Gasteiger partial charge on any atom is 0.243 e. The van der Waals surface area contributed by atoms with Gasteiger partial charge in [-0.25, -0.2) is 4.98 Å².